The van der Waals surface area contributed by atoms with Gasteiger partial charge in [0.2, 0.25) is 10.0 Å². The molecular weight excluding hydrogens is 381 g/mol. The van der Waals surface area contributed by atoms with E-state index in [0.29, 0.717) is 11.5 Å². The number of halogens is 1. The van der Waals surface area contributed by atoms with E-state index in [4.69, 9.17) is 9.15 Å². The standard InChI is InChI=1S/C12H12INO4S/c1-17-12-5-4-10(7-11(12)13)19(15,16)14-8-9-3-2-6-18-9/h2-7,14H,8H2,1H3. The minimum absolute atomic E-state index is 0.123. The molecule has 2 rings (SSSR count). The maximum Gasteiger partial charge on any atom is 0.241 e. The first kappa shape index (κ1) is 14.4. The van der Waals surface area contributed by atoms with Gasteiger partial charge in [-0.1, -0.05) is 0 Å². The number of nitrogens with one attached hydrogen (secondary N) is 1. The maximum atomic E-state index is 12.1. The van der Waals surface area contributed by atoms with Gasteiger partial charge in [0.15, 0.2) is 0 Å². The van der Waals surface area contributed by atoms with Gasteiger partial charge in [0.25, 0.3) is 0 Å². The zero-order valence-corrected chi connectivity index (χ0v) is 13.1. The monoisotopic (exact) mass is 393 g/mol. The van der Waals surface area contributed by atoms with Crippen molar-refractivity contribution in [2.24, 2.45) is 0 Å². The van der Waals surface area contributed by atoms with Gasteiger partial charge >= 0.3 is 0 Å². The Hall–Kier alpha value is -1.06. The van der Waals surface area contributed by atoms with Crippen LogP contribution < -0.4 is 9.46 Å². The highest BCUT2D eigenvalue weighted by Gasteiger charge is 2.16. The van der Waals surface area contributed by atoms with Crippen LogP contribution in [-0.4, -0.2) is 15.5 Å². The molecule has 19 heavy (non-hydrogen) atoms. The molecule has 0 unspecified atom stereocenters. The second-order valence-electron chi connectivity index (χ2n) is 3.70. The van der Waals surface area contributed by atoms with Gasteiger partial charge in [-0.05, 0) is 52.9 Å². The summed E-state index contributed by atoms with van der Waals surface area (Å²) in [5.41, 5.74) is 0. The highest BCUT2D eigenvalue weighted by atomic mass is 127. The average Bonchev–Trinajstić information content (AvgIpc) is 2.89. The van der Waals surface area contributed by atoms with E-state index in [0.717, 1.165) is 3.57 Å². The van der Waals surface area contributed by atoms with Gasteiger partial charge in [-0.15, -0.1) is 0 Å². The highest BCUT2D eigenvalue weighted by Crippen LogP contribution is 2.23. The fraction of sp³-hybridized carbons (Fsp3) is 0.167. The van der Waals surface area contributed by atoms with E-state index in [-0.39, 0.29) is 11.4 Å². The number of sulfonamides is 1. The molecule has 0 aliphatic heterocycles. The Morgan fingerprint density at radius 2 is 2.16 bits per heavy atom. The molecule has 0 aliphatic carbocycles. The molecule has 0 radical (unpaired) electrons. The van der Waals surface area contributed by atoms with Gasteiger partial charge in [0, 0.05) is 0 Å². The van der Waals surface area contributed by atoms with Gasteiger partial charge < -0.3 is 9.15 Å². The quantitative estimate of drug-likeness (QED) is 0.793. The summed E-state index contributed by atoms with van der Waals surface area (Å²) in [4.78, 5) is 0.198. The zero-order chi connectivity index (χ0) is 13.9. The Balaban J connectivity index is 2.17. The Bertz CT molecular complexity index is 652. The zero-order valence-electron chi connectivity index (χ0n) is 10.1. The Morgan fingerprint density at radius 3 is 2.74 bits per heavy atom. The van der Waals surface area contributed by atoms with Gasteiger partial charge in [0.1, 0.15) is 11.5 Å². The normalized spacial score (nSPS) is 11.5. The summed E-state index contributed by atoms with van der Waals surface area (Å²) in [6, 6.07) is 8.11. The van der Waals surface area contributed by atoms with Crippen molar-refractivity contribution < 1.29 is 17.6 Å². The van der Waals surface area contributed by atoms with Crippen molar-refractivity contribution in [3.63, 3.8) is 0 Å². The van der Waals surface area contributed by atoms with Crippen LogP contribution in [0.5, 0.6) is 5.75 Å². The smallest absolute Gasteiger partial charge is 0.241 e. The molecule has 0 saturated heterocycles. The number of furan rings is 1. The third-order valence-corrected chi connectivity index (χ3v) is 4.69. The van der Waals surface area contributed by atoms with Gasteiger partial charge in [-0.2, -0.15) is 0 Å². The second-order valence-corrected chi connectivity index (χ2v) is 6.63. The Labute approximate surface area is 125 Å². The summed E-state index contributed by atoms with van der Waals surface area (Å²) >= 11 is 2.03. The van der Waals surface area contributed by atoms with Gasteiger partial charge in [-0.3, -0.25) is 0 Å². The summed E-state index contributed by atoms with van der Waals surface area (Å²) in [5, 5.41) is 0. The summed E-state index contributed by atoms with van der Waals surface area (Å²) in [7, 11) is -2.01. The number of hydrogen-bond acceptors (Lipinski definition) is 4. The molecule has 1 aromatic carbocycles. The predicted molar refractivity (Wildman–Crippen MR) is 78.4 cm³/mol. The maximum absolute atomic E-state index is 12.1. The van der Waals surface area contributed by atoms with E-state index in [1.54, 1.807) is 31.4 Å². The molecule has 2 aromatic rings. The van der Waals surface area contributed by atoms with Crippen LogP contribution in [0.1, 0.15) is 5.76 Å². The van der Waals surface area contributed by atoms with Crippen molar-refractivity contribution in [3.8, 4) is 5.75 Å². The molecule has 5 nitrogen and oxygen atoms in total. The fourth-order valence-corrected chi connectivity index (χ4v) is 3.44. The summed E-state index contributed by atoms with van der Waals surface area (Å²) in [6.45, 7) is 0.123. The van der Waals surface area contributed by atoms with Crippen molar-refractivity contribution in [2.75, 3.05) is 7.11 Å². The van der Waals surface area contributed by atoms with Crippen molar-refractivity contribution in [2.45, 2.75) is 11.4 Å². The van der Waals surface area contributed by atoms with Crippen LogP contribution in [0.4, 0.5) is 0 Å². The molecule has 0 spiro atoms. The average molecular weight is 393 g/mol. The van der Waals surface area contributed by atoms with E-state index < -0.39 is 10.0 Å². The predicted octanol–water partition coefficient (Wildman–Crippen LogP) is 2.37. The second kappa shape index (κ2) is 5.93. The van der Waals surface area contributed by atoms with Crippen molar-refractivity contribution in [1.29, 1.82) is 0 Å². The van der Waals surface area contributed by atoms with E-state index >= 15 is 0 Å². The largest absolute Gasteiger partial charge is 0.496 e. The van der Waals surface area contributed by atoms with Crippen LogP contribution in [0.2, 0.25) is 0 Å². The third-order valence-electron chi connectivity index (χ3n) is 2.45. The number of ether oxygens (including phenoxy) is 1. The Morgan fingerprint density at radius 1 is 1.37 bits per heavy atom. The molecule has 7 heteroatoms. The van der Waals surface area contributed by atoms with Crippen LogP contribution in [0, 0.1) is 3.57 Å². The van der Waals surface area contributed by atoms with Crippen LogP contribution >= 0.6 is 22.6 Å². The van der Waals surface area contributed by atoms with Crippen LogP contribution in [0.25, 0.3) is 0 Å². The van der Waals surface area contributed by atoms with Crippen molar-refractivity contribution in [3.05, 3.63) is 45.9 Å². The van der Waals surface area contributed by atoms with Crippen LogP contribution in [0.15, 0.2) is 45.9 Å². The molecule has 1 aromatic heterocycles. The molecule has 1 heterocycles. The first-order valence-electron chi connectivity index (χ1n) is 5.38. The topological polar surface area (TPSA) is 68.5 Å². The van der Waals surface area contributed by atoms with E-state index in [1.165, 1.54) is 12.3 Å². The van der Waals surface area contributed by atoms with Crippen molar-refractivity contribution in [1.82, 2.24) is 4.72 Å². The third kappa shape index (κ3) is 3.48. The molecule has 0 atom stereocenters. The van der Waals surface area contributed by atoms with E-state index in [2.05, 4.69) is 4.72 Å². The van der Waals surface area contributed by atoms with E-state index in [1.807, 2.05) is 22.6 Å². The summed E-state index contributed by atoms with van der Waals surface area (Å²) < 4.78 is 37.5. The molecule has 0 fully saturated rings. The SMILES string of the molecule is COc1ccc(S(=O)(=O)NCc2ccco2)cc1I. The van der Waals surface area contributed by atoms with Crippen LogP contribution in [-0.2, 0) is 16.6 Å². The number of methoxy groups -OCH3 is 1. The molecular formula is C12H12INO4S. The number of benzene rings is 1. The van der Waals surface area contributed by atoms with Crippen LogP contribution in [0.3, 0.4) is 0 Å². The van der Waals surface area contributed by atoms with Gasteiger partial charge in [0.05, 0.1) is 28.4 Å². The first-order chi connectivity index (χ1) is 9.03. The lowest BCUT2D eigenvalue weighted by Gasteiger charge is -2.08. The summed E-state index contributed by atoms with van der Waals surface area (Å²) in [6.07, 6.45) is 1.50. The molecule has 0 aliphatic rings. The number of hydrogen-bond donors (Lipinski definition) is 1. The lowest BCUT2D eigenvalue weighted by molar-refractivity contribution is 0.411. The molecule has 0 bridgehead atoms. The molecule has 0 saturated carbocycles. The van der Waals surface area contributed by atoms with E-state index in [9.17, 15) is 8.42 Å². The highest BCUT2D eigenvalue weighted by molar-refractivity contribution is 14.1. The first-order valence-corrected chi connectivity index (χ1v) is 7.95. The fourth-order valence-electron chi connectivity index (χ4n) is 1.48. The van der Waals surface area contributed by atoms with Gasteiger partial charge in [-0.25, -0.2) is 13.1 Å². The molecule has 1 N–H and O–H groups in total. The lowest BCUT2D eigenvalue weighted by atomic mass is 10.3. The minimum Gasteiger partial charge on any atom is -0.496 e. The lowest BCUT2D eigenvalue weighted by Crippen LogP contribution is -2.23. The van der Waals surface area contributed by atoms with Crippen molar-refractivity contribution >= 4 is 32.6 Å². The summed E-state index contributed by atoms with van der Waals surface area (Å²) in [5.74, 6) is 1.21. The molecule has 102 valence electrons. The number of rotatable bonds is 5. The Kier molecular flexibility index (Phi) is 4.48. The molecule has 0 amide bonds. The minimum atomic E-state index is -3.55.